The van der Waals surface area contributed by atoms with Crippen LogP contribution in [0, 0.1) is 0 Å². The van der Waals surface area contributed by atoms with Gasteiger partial charge in [-0.25, -0.2) is 0 Å². The highest BCUT2D eigenvalue weighted by Gasteiger charge is 2.48. The largest absolute Gasteiger partial charge is 0.383 e. The predicted octanol–water partition coefficient (Wildman–Crippen LogP) is 2.80. The average molecular weight is 268 g/mol. The number of hydrogen-bond donors (Lipinski definition) is 1. The number of ether oxygens (including phenoxy) is 1. The highest BCUT2D eigenvalue weighted by Crippen LogP contribution is 2.39. The van der Waals surface area contributed by atoms with Crippen molar-refractivity contribution in [2.24, 2.45) is 0 Å². The number of nitrogens with zero attached hydrogens (tertiary/aromatic N) is 1. The summed E-state index contributed by atoms with van der Waals surface area (Å²) in [7, 11) is 1.82. The number of hydrogen-bond acceptors (Lipinski definition) is 3. The van der Waals surface area contributed by atoms with E-state index in [2.05, 4.69) is 31.0 Å². The SMILES string of the molecule is CCC1(CC)CNC2(CCCC2)CN1C(C)COC. The molecule has 3 heteroatoms. The fourth-order valence-electron chi connectivity index (χ4n) is 4.25. The molecule has 0 radical (unpaired) electrons. The molecule has 0 amide bonds. The van der Waals surface area contributed by atoms with E-state index in [-0.39, 0.29) is 0 Å². The van der Waals surface area contributed by atoms with Crippen LogP contribution in [0.5, 0.6) is 0 Å². The molecule has 1 saturated heterocycles. The zero-order chi connectivity index (χ0) is 13.9. The van der Waals surface area contributed by atoms with Gasteiger partial charge in [0.1, 0.15) is 0 Å². The van der Waals surface area contributed by atoms with Crippen molar-refractivity contribution in [3.8, 4) is 0 Å². The molecule has 0 aromatic heterocycles. The maximum absolute atomic E-state index is 5.43. The van der Waals surface area contributed by atoms with Crippen molar-refractivity contribution in [3.63, 3.8) is 0 Å². The van der Waals surface area contributed by atoms with Crippen LogP contribution in [0.15, 0.2) is 0 Å². The second-order valence-electron chi connectivity index (χ2n) is 6.70. The smallest absolute Gasteiger partial charge is 0.0615 e. The van der Waals surface area contributed by atoms with E-state index < -0.39 is 0 Å². The van der Waals surface area contributed by atoms with Gasteiger partial charge in [0, 0.05) is 37.3 Å². The van der Waals surface area contributed by atoms with Crippen molar-refractivity contribution in [1.82, 2.24) is 10.2 Å². The third kappa shape index (κ3) is 2.84. The van der Waals surface area contributed by atoms with Crippen molar-refractivity contribution in [2.45, 2.75) is 76.4 Å². The lowest BCUT2D eigenvalue weighted by molar-refractivity contribution is -0.0457. The molecule has 0 aromatic rings. The minimum atomic E-state index is 0.325. The van der Waals surface area contributed by atoms with Crippen molar-refractivity contribution in [2.75, 3.05) is 26.8 Å². The van der Waals surface area contributed by atoms with E-state index in [0.717, 1.165) is 13.2 Å². The molecule has 0 aromatic carbocycles. The molecule has 0 bridgehead atoms. The predicted molar refractivity (Wildman–Crippen MR) is 80.6 cm³/mol. The molecular formula is C16H32N2O. The monoisotopic (exact) mass is 268 g/mol. The van der Waals surface area contributed by atoms with E-state index in [1.54, 1.807) is 0 Å². The van der Waals surface area contributed by atoms with Gasteiger partial charge >= 0.3 is 0 Å². The third-order valence-corrected chi connectivity index (χ3v) is 5.69. The first-order valence-electron chi connectivity index (χ1n) is 8.12. The topological polar surface area (TPSA) is 24.5 Å². The fourth-order valence-corrected chi connectivity index (χ4v) is 4.25. The molecule has 19 heavy (non-hydrogen) atoms. The maximum atomic E-state index is 5.43. The van der Waals surface area contributed by atoms with Crippen molar-refractivity contribution in [3.05, 3.63) is 0 Å². The lowest BCUT2D eigenvalue weighted by atomic mass is 9.81. The summed E-state index contributed by atoms with van der Waals surface area (Å²) in [6.07, 6.45) is 7.94. The number of methoxy groups -OCH3 is 1. The summed E-state index contributed by atoms with van der Waals surface area (Å²) in [6, 6.07) is 0.518. The molecule has 112 valence electrons. The lowest BCUT2D eigenvalue weighted by Gasteiger charge is -2.55. The highest BCUT2D eigenvalue weighted by atomic mass is 16.5. The number of rotatable bonds is 5. The zero-order valence-electron chi connectivity index (χ0n) is 13.3. The molecule has 1 atom stereocenters. The Hall–Kier alpha value is -0.120. The van der Waals surface area contributed by atoms with Crippen LogP contribution < -0.4 is 5.32 Å². The molecule has 1 unspecified atom stereocenters. The summed E-state index contributed by atoms with van der Waals surface area (Å²) in [4.78, 5) is 2.76. The van der Waals surface area contributed by atoms with Crippen LogP contribution in [0.3, 0.4) is 0 Å². The van der Waals surface area contributed by atoms with E-state index in [0.29, 0.717) is 17.1 Å². The van der Waals surface area contributed by atoms with Crippen molar-refractivity contribution >= 4 is 0 Å². The Bertz CT molecular complexity index is 282. The van der Waals surface area contributed by atoms with E-state index in [1.807, 2.05) is 7.11 Å². The summed E-state index contributed by atoms with van der Waals surface area (Å²) in [5, 5.41) is 3.93. The molecule has 1 aliphatic heterocycles. The molecule has 1 aliphatic carbocycles. The Morgan fingerprint density at radius 1 is 1.21 bits per heavy atom. The Morgan fingerprint density at radius 2 is 1.84 bits per heavy atom. The molecule has 2 fully saturated rings. The molecule has 1 saturated carbocycles. The standard InChI is InChI=1S/C16H32N2O/c1-5-16(6-2)12-17-15(9-7-8-10-15)13-18(16)14(3)11-19-4/h14,17H,5-13H2,1-4H3. The molecule has 2 aliphatic rings. The van der Waals surface area contributed by atoms with Crippen LogP contribution in [0.4, 0.5) is 0 Å². The molecule has 3 nitrogen and oxygen atoms in total. The fraction of sp³-hybridized carbons (Fsp3) is 1.00. The third-order valence-electron chi connectivity index (χ3n) is 5.69. The molecular weight excluding hydrogens is 236 g/mol. The Kier molecular flexibility index (Phi) is 4.91. The van der Waals surface area contributed by atoms with E-state index in [9.17, 15) is 0 Å². The van der Waals surface area contributed by atoms with Gasteiger partial charge in [-0.2, -0.15) is 0 Å². The maximum Gasteiger partial charge on any atom is 0.0615 e. The van der Waals surface area contributed by atoms with Gasteiger partial charge in [0.25, 0.3) is 0 Å². The quantitative estimate of drug-likeness (QED) is 0.830. The van der Waals surface area contributed by atoms with E-state index in [1.165, 1.54) is 45.1 Å². The van der Waals surface area contributed by atoms with Gasteiger partial charge in [-0.3, -0.25) is 4.90 Å². The second-order valence-corrected chi connectivity index (χ2v) is 6.70. The zero-order valence-corrected chi connectivity index (χ0v) is 13.3. The number of piperazine rings is 1. The molecule has 1 heterocycles. The number of nitrogens with one attached hydrogen (secondary N) is 1. The lowest BCUT2D eigenvalue weighted by Crippen LogP contribution is -2.71. The van der Waals surface area contributed by atoms with Gasteiger partial charge in [0.2, 0.25) is 0 Å². The minimum Gasteiger partial charge on any atom is -0.383 e. The van der Waals surface area contributed by atoms with Gasteiger partial charge < -0.3 is 10.1 Å². The summed E-state index contributed by atoms with van der Waals surface area (Å²) in [5.74, 6) is 0. The van der Waals surface area contributed by atoms with Gasteiger partial charge in [0.05, 0.1) is 6.61 Å². The van der Waals surface area contributed by atoms with Gasteiger partial charge in [-0.15, -0.1) is 0 Å². The summed E-state index contributed by atoms with van der Waals surface area (Å²) in [5.41, 5.74) is 0.724. The van der Waals surface area contributed by atoms with Gasteiger partial charge in [0.15, 0.2) is 0 Å². The van der Waals surface area contributed by atoms with Gasteiger partial charge in [-0.1, -0.05) is 26.7 Å². The van der Waals surface area contributed by atoms with Crippen LogP contribution in [0.25, 0.3) is 0 Å². The second kappa shape index (κ2) is 6.11. The Labute approximate surface area is 119 Å². The molecule has 1 N–H and O–H groups in total. The molecule has 2 rings (SSSR count). The first-order chi connectivity index (χ1) is 9.11. The highest BCUT2D eigenvalue weighted by molar-refractivity contribution is 5.07. The average Bonchev–Trinajstić information content (AvgIpc) is 2.88. The normalized spacial score (nSPS) is 27.8. The van der Waals surface area contributed by atoms with Crippen LogP contribution in [-0.2, 0) is 4.74 Å². The van der Waals surface area contributed by atoms with E-state index in [4.69, 9.17) is 4.74 Å². The molecule has 1 spiro atoms. The van der Waals surface area contributed by atoms with Gasteiger partial charge in [-0.05, 0) is 32.6 Å². The Morgan fingerprint density at radius 3 is 2.37 bits per heavy atom. The van der Waals surface area contributed by atoms with Crippen LogP contribution in [0.1, 0.15) is 59.3 Å². The van der Waals surface area contributed by atoms with E-state index >= 15 is 0 Å². The summed E-state index contributed by atoms with van der Waals surface area (Å²) in [6.45, 7) is 10.2. The van der Waals surface area contributed by atoms with Crippen LogP contribution in [0.2, 0.25) is 0 Å². The first-order valence-corrected chi connectivity index (χ1v) is 8.12. The van der Waals surface area contributed by atoms with Crippen LogP contribution >= 0.6 is 0 Å². The Balaban J connectivity index is 2.17. The first kappa shape index (κ1) is 15.3. The summed E-state index contributed by atoms with van der Waals surface area (Å²) < 4.78 is 5.43. The minimum absolute atomic E-state index is 0.325. The van der Waals surface area contributed by atoms with Crippen molar-refractivity contribution in [1.29, 1.82) is 0 Å². The van der Waals surface area contributed by atoms with Crippen LogP contribution in [-0.4, -0.2) is 48.8 Å². The summed E-state index contributed by atoms with van der Waals surface area (Å²) >= 11 is 0. The van der Waals surface area contributed by atoms with Crippen molar-refractivity contribution < 1.29 is 4.74 Å².